The van der Waals surface area contributed by atoms with Crippen LogP contribution in [0.2, 0.25) is 0 Å². The highest BCUT2D eigenvalue weighted by Crippen LogP contribution is 2.35. The molecule has 0 unspecified atom stereocenters. The zero-order chi connectivity index (χ0) is 22.6. The molecule has 31 heavy (non-hydrogen) atoms. The monoisotopic (exact) mass is 444 g/mol. The van der Waals surface area contributed by atoms with Gasteiger partial charge in [-0.3, -0.25) is 0 Å². The van der Waals surface area contributed by atoms with Gasteiger partial charge in [-0.25, -0.2) is 13.2 Å². The summed E-state index contributed by atoms with van der Waals surface area (Å²) in [5, 5.41) is 0. The van der Waals surface area contributed by atoms with E-state index in [9.17, 15) is 26.3 Å². The first-order valence-corrected chi connectivity index (χ1v) is 10.7. The molecule has 0 aliphatic heterocycles. The lowest BCUT2D eigenvalue weighted by Gasteiger charge is -2.28. The molecule has 0 saturated heterocycles. The lowest BCUT2D eigenvalue weighted by Crippen LogP contribution is -2.17. The van der Waals surface area contributed by atoms with E-state index in [-0.39, 0.29) is 5.56 Å². The Morgan fingerprint density at radius 2 is 1.42 bits per heavy atom. The minimum atomic E-state index is -5.06. The predicted molar refractivity (Wildman–Crippen MR) is 107 cm³/mol. The van der Waals surface area contributed by atoms with Crippen molar-refractivity contribution in [1.29, 1.82) is 0 Å². The lowest BCUT2D eigenvalue weighted by atomic mass is 9.78. The van der Waals surface area contributed by atoms with Crippen LogP contribution in [0.15, 0.2) is 30.3 Å². The minimum absolute atomic E-state index is 0.192. The Kier molecular flexibility index (Phi) is 7.55. The summed E-state index contributed by atoms with van der Waals surface area (Å²) < 4.78 is 83.6. The van der Waals surface area contributed by atoms with Gasteiger partial charge in [-0.1, -0.05) is 51.5 Å². The first kappa shape index (κ1) is 23.5. The second-order valence-electron chi connectivity index (χ2n) is 8.34. The van der Waals surface area contributed by atoms with E-state index >= 15 is 0 Å². The summed E-state index contributed by atoms with van der Waals surface area (Å²) in [6, 6.07) is 4.79. The van der Waals surface area contributed by atoms with Crippen molar-refractivity contribution in [3.63, 3.8) is 0 Å². The molecule has 2 aromatic rings. The number of rotatable bonds is 7. The van der Waals surface area contributed by atoms with Crippen LogP contribution in [0.25, 0.3) is 11.1 Å². The molecule has 0 N–H and O–H groups in total. The maximum atomic E-state index is 14.6. The summed E-state index contributed by atoms with van der Waals surface area (Å²) in [5.74, 6) is -2.80. The van der Waals surface area contributed by atoms with Crippen LogP contribution in [0.1, 0.15) is 57.4 Å². The summed E-state index contributed by atoms with van der Waals surface area (Å²) in [4.78, 5) is 0. The van der Waals surface area contributed by atoms with Crippen LogP contribution in [0.5, 0.6) is 5.75 Å². The molecule has 7 heteroatoms. The van der Waals surface area contributed by atoms with Crippen LogP contribution in [-0.2, 0) is 6.42 Å². The molecule has 1 aliphatic carbocycles. The first-order chi connectivity index (χ1) is 14.7. The summed E-state index contributed by atoms with van der Waals surface area (Å²) in [6.07, 6.45) is 3.49. The average molecular weight is 444 g/mol. The van der Waals surface area contributed by atoms with Gasteiger partial charge in [0.1, 0.15) is 11.6 Å². The van der Waals surface area contributed by atoms with E-state index in [4.69, 9.17) is 0 Å². The third-order valence-corrected chi connectivity index (χ3v) is 6.05. The fourth-order valence-corrected chi connectivity index (χ4v) is 4.50. The zero-order valence-corrected chi connectivity index (χ0v) is 17.4. The van der Waals surface area contributed by atoms with Crippen molar-refractivity contribution in [2.45, 2.75) is 64.7 Å². The molecule has 0 atom stereocenters. The molecular formula is C24H26F6O. The van der Waals surface area contributed by atoms with Gasteiger partial charge in [0.05, 0.1) is 5.56 Å². The van der Waals surface area contributed by atoms with Gasteiger partial charge in [-0.15, -0.1) is 13.2 Å². The molecule has 0 spiro atoms. The summed E-state index contributed by atoms with van der Waals surface area (Å²) in [7, 11) is 0. The van der Waals surface area contributed by atoms with E-state index in [0.717, 1.165) is 31.2 Å². The van der Waals surface area contributed by atoms with Crippen LogP contribution in [-0.4, -0.2) is 6.36 Å². The van der Waals surface area contributed by atoms with Crippen molar-refractivity contribution < 1.29 is 31.1 Å². The highest BCUT2D eigenvalue weighted by Gasteiger charge is 2.32. The number of aryl methyl sites for hydroxylation is 1. The molecule has 1 aliphatic rings. The molecule has 1 nitrogen and oxygen atoms in total. The predicted octanol–water partition coefficient (Wildman–Crippen LogP) is 8.21. The smallest absolute Gasteiger partial charge is 0.403 e. The Labute approximate surface area is 178 Å². The second kappa shape index (κ2) is 9.96. The van der Waals surface area contributed by atoms with Gasteiger partial charge in [-0.2, -0.15) is 0 Å². The van der Waals surface area contributed by atoms with E-state index in [1.807, 2.05) is 0 Å². The van der Waals surface area contributed by atoms with Crippen molar-refractivity contribution in [1.82, 2.24) is 0 Å². The van der Waals surface area contributed by atoms with Crippen LogP contribution in [0.3, 0.4) is 0 Å². The molecule has 2 aromatic carbocycles. The topological polar surface area (TPSA) is 9.23 Å². The largest absolute Gasteiger partial charge is 0.573 e. The van der Waals surface area contributed by atoms with E-state index in [1.165, 1.54) is 37.8 Å². The zero-order valence-electron chi connectivity index (χ0n) is 17.4. The number of hydrogen-bond donors (Lipinski definition) is 0. The maximum Gasteiger partial charge on any atom is 0.573 e. The Balaban J connectivity index is 1.67. The third kappa shape index (κ3) is 6.40. The Hall–Kier alpha value is -2.18. The van der Waals surface area contributed by atoms with Crippen molar-refractivity contribution in [2.75, 3.05) is 0 Å². The molecule has 0 radical (unpaired) electrons. The first-order valence-electron chi connectivity index (χ1n) is 10.7. The molecular weight excluding hydrogens is 418 g/mol. The van der Waals surface area contributed by atoms with Crippen LogP contribution in [0.4, 0.5) is 26.3 Å². The van der Waals surface area contributed by atoms with Crippen LogP contribution in [0, 0.1) is 29.3 Å². The molecule has 3 rings (SSSR count). The average Bonchev–Trinajstić information content (AvgIpc) is 2.68. The molecule has 0 heterocycles. The molecule has 0 bridgehead atoms. The lowest BCUT2D eigenvalue weighted by molar-refractivity contribution is -0.275. The molecule has 1 fully saturated rings. The summed E-state index contributed by atoms with van der Waals surface area (Å²) in [6.45, 7) is 2.19. The standard InChI is InChI=1S/C24H26F6O/c1-2-3-15-4-6-16(7-5-15)8-9-17-12-20(26)23(21(27)13-17)18-10-11-22(19(25)14-18)31-24(28,29)30/h10-16H,2-9H2,1H3. The van der Waals surface area contributed by atoms with E-state index < -0.39 is 35.1 Å². The van der Waals surface area contributed by atoms with Crippen molar-refractivity contribution >= 4 is 0 Å². The van der Waals surface area contributed by atoms with Crippen molar-refractivity contribution in [2.24, 2.45) is 11.8 Å². The van der Waals surface area contributed by atoms with Gasteiger partial charge in [0.25, 0.3) is 0 Å². The second-order valence-corrected chi connectivity index (χ2v) is 8.34. The molecule has 1 saturated carbocycles. The number of benzene rings is 2. The van der Waals surface area contributed by atoms with E-state index in [2.05, 4.69) is 11.7 Å². The normalized spacial score (nSPS) is 19.5. The highest BCUT2D eigenvalue weighted by molar-refractivity contribution is 5.66. The Morgan fingerprint density at radius 3 is 1.94 bits per heavy atom. The maximum absolute atomic E-state index is 14.6. The summed E-state index contributed by atoms with van der Waals surface area (Å²) >= 11 is 0. The minimum Gasteiger partial charge on any atom is -0.403 e. The summed E-state index contributed by atoms with van der Waals surface area (Å²) in [5.41, 5.74) is -0.143. The number of alkyl halides is 3. The van der Waals surface area contributed by atoms with Crippen molar-refractivity contribution in [3.05, 3.63) is 53.3 Å². The van der Waals surface area contributed by atoms with Gasteiger partial charge >= 0.3 is 6.36 Å². The van der Waals surface area contributed by atoms with E-state index in [1.54, 1.807) is 0 Å². The quantitative estimate of drug-likeness (QED) is 0.391. The Morgan fingerprint density at radius 1 is 0.839 bits per heavy atom. The Bertz CT molecular complexity index is 861. The third-order valence-electron chi connectivity index (χ3n) is 6.05. The number of halogens is 6. The van der Waals surface area contributed by atoms with Crippen molar-refractivity contribution in [3.8, 4) is 16.9 Å². The van der Waals surface area contributed by atoms with Gasteiger partial charge in [0.2, 0.25) is 0 Å². The fraction of sp³-hybridized carbons (Fsp3) is 0.500. The van der Waals surface area contributed by atoms with Gasteiger partial charge in [0.15, 0.2) is 11.6 Å². The number of ether oxygens (including phenoxy) is 1. The molecule has 0 aromatic heterocycles. The molecule has 170 valence electrons. The highest BCUT2D eigenvalue weighted by atomic mass is 19.4. The number of hydrogen-bond acceptors (Lipinski definition) is 1. The van der Waals surface area contributed by atoms with Gasteiger partial charge in [0, 0.05) is 0 Å². The van der Waals surface area contributed by atoms with Crippen LogP contribution >= 0.6 is 0 Å². The SMILES string of the molecule is CCCC1CCC(CCc2cc(F)c(-c3ccc(OC(F)(F)F)c(F)c3)c(F)c2)CC1. The van der Waals surface area contributed by atoms with Gasteiger partial charge in [-0.05, 0) is 60.1 Å². The van der Waals surface area contributed by atoms with Crippen LogP contribution < -0.4 is 4.74 Å². The van der Waals surface area contributed by atoms with E-state index in [0.29, 0.717) is 30.0 Å². The van der Waals surface area contributed by atoms with Gasteiger partial charge < -0.3 is 4.74 Å². The molecule has 0 amide bonds. The fourth-order valence-electron chi connectivity index (χ4n) is 4.50.